The van der Waals surface area contributed by atoms with Crippen LogP contribution in [0.1, 0.15) is 17.4 Å². The zero-order valence-electron chi connectivity index (χ0n) is 6.25. The molecule has 0 amide bonds. The van der Waals surface area contributed by atoms with Crippen molar-refractivity contribution in [3.63, 3.8) is 0 Å². The van der Waals surface area contributed by atoms with Crippen molar-refractivity contribution in [1.82, 2.24) is 9.97 Å². The van der Waals surface area contributed by atoms with Crippen molar-refractivity contribution >= 4 is 6.08 Å². The van der Waals surface area contributed by atoms with Crippen LogP contribution in [0.5, 0.6) is 0 Å². The van der Waals surface area contributed by atoms with E-state index in [9.17, 15) is 10.2 Å². The molecule has 1 aromatic heterocycles. The number of aliphatic hydroxyl groups is 2. The molecule has 4 heteroatoms. The Morgan fingerprint density at radius 2 is 2.17 bits per heavy atom. The summed E-state index contributed by atoms with van der Waals surface area (Å²) in [5.74, 6) is 0. The summed E-state index contributed by atoms with van der Waals surface area (Å²) in [7, 11) is 0. The molecule has 1 heterocycles. The molecule has 12 heavy (non-hydrogen) atoms. The summed E-state index contributed by atoms with van der Waals surface area (Å²) in [6.07, 6.45) is 4.37. The first-order valence-corrected chi connectivity index (χ1v) is 3.63. The maximum absolute atomic E-state index is 9.45. The van der Waals surface area contributed by atoms with Crippen molar-refractivity contribution in [3.05, 3.63) is 29.9 Å². The molecule has 1 aliphatic carbocycles. The van der Waals surface area contributed by atoms with E-state index in [4.69, 9.17) is 0 Å². The van der Waals surface area contributed by atoms with Gasteiger partial charge in [0.15, 0.2) is 0 Å². The molecule has 0 unspecified atom stereocenters. The van der Waals surface area contributed by atoms with E-state index in [2.05, 4.69) is 9.97 Å². The highest BCUT2D eigenvalue weighted by Crippen LogP contribution is 2.24. The number of hydrogen-bond acceptors (Lipinski definition) is 4. The fourth-order valence-corrected chi connectivity index (χ4v) is 1.20. The van der Waals surface area contributed by atoms with Crippen LogP contribution < -0.4 is 0 Å². The molecule has 1 aromatic rings. The predicted octanol–water partition coefficient (Wildman–Crippen LogP) is -0.102. The molecule has 0 aliphatic heterocycles. The normalized spacial score (nSPS) is 26.8. The summed E-state index contributed by atoms with van der Waals surface area (Å²) in [6.45, 7) is 0. The molecule has 2 atom stereocenters. The van der Waals surface area contributed by atoms with Crippen LogP contribution in [0.3, 0.4) is 0 Å². The Kier molecular flexibility index (Phi) is 1.64. The van der Waals surface area contributed by atoms with Gasteiger partial charge < -0.3 is 10.2 Å². The second-order valence-corrected chi connectivity index (χ2v) is 2.66. The molecule has 0 spiro atoms. The standard InChI is InChI=1S/C8H8N2O2/c11-7-2-1-6-5(8(7)12)3-9-4-10-6/h1-4,7-8,11-12H/t7-,8+/m0/s1. The number of fused-ring (bicyclic) bond motifs is 1. The smallest absolute Gasteiger partial charge is 0.116 e. The molecular formula is C8H8N2O2. The molecule has 1 aliphatic rings. The maximum Gasteiger partial charge on any atom is 0.116 e. The first kappa shape index (κ1) is 7.39. The first-order valence-electron chi connectivity index (χ1n) is 3.63. The third-order valence-corrected chi connectivity index (χ3v) is 1.87. The van der Waals surface area contributed by atoms with E-state index < -0.39 is 12.2 Å². The first-order chi connectivity index (χ1) is 5.79. The van der Waals surface area contributed by atoms with E-state index in [1.807, 2.05) is 0 Å². The minimum atomic E-state index is -0.897. The Morgan fingerprint density at radius 1 is 1.33 bits per heavy atom. The fraction of sp³-hybridized carbons (Fsp3) is 0.250. The van der Waals surface area contributed by atoms with Crippen LogP contribution in [0.15, 0.2) is 18.6 Å². The van der Waals surface area contributed by atoms with Gasteiger partial charge in [-0.05, 0) is 6.08 Å². The van der Waals surface area contributed by atoms with Crippen LogP contribution >= 0.6 is 0 Å². The van der Waals surface area contributed by atoms with Crippen LogP contribution in [-0.4, -0.2) is 26.3 Å². The van der Waals surface area contributed by atoms with Gasteiger partial charge in [-0.3, -0.25) is 0 Å². The van der Waals surface area contributed by atoms with Crippen molar-refractivity contribution in [2.24, 2.45) is 0 Å². The van der Waals surface area contributed by atoms with Crippen LogP contribution in [-0.2, 0) is 0 Å². The van der Waals surface area contributed by atoms with Crippen molar-refractivity contribution in [2.45, 2.75) is 12.2 Å². The average molecular weight is 164 g/mol. The lowest BCUT2D eigenvalue weighted by Crippen LogP contribution is -2.20. The van der Waals surface area contributed by atoms with Gasteiger partial charge in [-0.15, -0.1) is 0 Å². The second kappa shape index (κ2) is 2.66. The van der Waals surface area contributed by atoms with E-state index in [-0.39, 0.29) is 0 Å². The molecule has 4 nitrogen and oxygen atoms in total. The molecule has 0 saturated carbocycles. The summed E-state index contributed by atoms with van der Waals surface area (Å²) in [5, 5.41) is 18.7. The van der Waals surface area contributed by atoms with Gasteiger partial charge in [-0.1, -0.05) is 6.08 Å². The highest BCUT2D eigenvalue weighted by molar-refractivity contribution is 5.53. The lowest BCUT2D eigenvalue weighted by molar-refractivity contribution is 0.0464. The lowest BCUT2D eigenvalue weighted by atomic mass is 9.98. The van der Waals surface area contributed by atoms with Gasteiger partial charge in [0.25, 0.3) is 0 Å². The number of rotatable bonds is 0. The van der Waals surface area contributed by atoms with Crippen LogP contribution in [0.4, 0.5) is 0 Å². The molecule has 0 aromatic carbocycles. The summed E-state index contributed by atoms with van der Waals surface area (Å²) in [5.41, 5.74) is 1.25. The Labute approximate surface area is 69.2 Å². The van der Waals surface area contributed by atoms with Gasteiger partial charge in [0.05, 0.1) is 5.69 Å². The van der Waals surface area contributed by atoms with Gasteiger partial charge in [-0.2, -0.15) is 0 Å². The number of aliphatic hydroxyl groups excluding tert-OH is 2. The van der Waals surface area contributed by atoms with E-state index in [1.165, 1.54) is 18.6 Å². The Morgan fingerprint density at radius 3 is 3.00 bits per heavy atom. The van der Waals surface area contributed by atoms with Gasteiger partial charge >= 0.3 is 0 Å². The highest BCUT2D eigenvalue weighted by Gasteiger charge is 2.22. The maximum atomic E-state index is 9.45. The summed E-state index contributed by atoms with van der Waals surface area (Å²) >= 11 is 0. The minimum absolute atomic E-state index is 0.576. The quantitative estimate of drug-likeness (QED) is 0.561. The molecular weight excluding hydrogens is 156 g/mol. The second-order valence-electron chi connectivity index (χ2n) is 2.66. The van der Waals surface area contributed by atoms with E-state index in [1.54, 1.807) is 6.08 Å². The lowest BCUT2D eigenvalue weighted by Gasteiger charge is -2.19. The van der Waals surface area contributed by atoms with Crippen molar-refractivity contribution in [1.29, 1.82) is 0 Å². The van der Waals surface area contributed by atoms with E-state index in [0.29, 0.717) is 11.3 Å². The van der Waals surface area contributed by atoms with Crippen LogP contribution in [0.2, 0.25) is 0 Å². The topological polar surface area (TPSA) is 66.2 Å². The van der Waals surface area contributed by atoms with Gasteiger partial charge in [0.1, 0.15) is 18.5 Å². The van der Waals surface area contributed by atoms with Crippen molar-refractivity contribution in [3.8, 4) is 0 Å². The minimum Gasteiger partial charge on any atom is -0.386 e. The molecule has 0 bridgehead atoms. The molecule has 0 saturated heterocycles. The van der Waals surface area contributed by atoms with Crippen LogP contribution in [0.25, 0.3) is 6.08 Å². The molecule has 0 radical (unpaired) electrons. The monoisotopic (exact) mass is 164 g/mol. The highest BCUT2D eigenvalue weighted by atomic mass is 16.3. The van der Waals surface area contributed by atoms with Gasteiger partial charge in [-0.25, -0.2) is 9.97 Å². The molecule has 62 valence electrons. The molecule has 0 fully saturated rings. The van der Waals surface area contributed by atoms with Gasteiger partial charge in [0, 0.05) is 11.8 Å². The largest absolute Gasteiger partial charge is 0.386 e. The number of aromatic nitrogens is 2. The third-order valence-electron chi connectivity index (χ3n) is 1.87. The Balaban J connectivity index is 2.52. The van der Waals surface area contributed by atoms with E-state index in [0.717, 1.165) is 0 Å². The summed E-state index contributed by atoms with van der Waals surface area (Å²) in [4.78, 5) is 7.70. The van der Waals surface area contributed by atoms with Gasteiger partial charge in [0.2, 0.25) is 0 Å². The molecule has 2 rings (SSSR count). The van der Waals surface area contributed by atoms with E-state index >= 15 is 0 Å². The number of nitrogens with zero attached hydrogens (tertiary/aromatic N) is 2. The van der Waals surface area contributed by atoms with Crippen molar-refractivity contribution in [2.75, 3.05) is 0 Å². The van der Waals surface area contributed by atoms with Crippen molar-refractivity contribution < 1.29 is 10.2 Å². The van der Waals surface area contributed by atoms with Crippen LogP contribution in [0, 0.1) is 0 Å². The third kappa shape index (κ3) is 1.01. The predicted molar refractivity (Wildman–Crippen MR) is 42.0 cm³/mol. The SMILES string of the molecule is O[C@@H]1c2cncnc2C=C[C@@H]1O. The Bertz CT molecular complexity index is 325. The summed E-state index contributed by atoms with van der Waals surface area (Å²) < 4.78 is 0. The molecule has 2 N–H and O–H groups in total. The number of hydrogen-bond donors (Lipinski definition) is 2. The fourth-order valence-electron chi connectivity index (χ4n) is 1.20. The zero-order chi connectivity index (χ0) is 8.55. The Hall–Kier alpha value is -1.26. The summed E-state index contributed by atoms with van der Waals surface area (Å²) in [6, 6.07) is 0. The average Bonchev–Trinajstić information content (AvgIpc) is 2.12. The zero-order valence-corrected chi connectivity index (χ0v) is 6.25.